The summed E-state index contributed by atoms with van der Waals surface area (Å²) in [4.78, 5) is 29.1. The van der Waals surface area contributed by atoms with E-state index >= 15 is 0 Å². The number of carbonyl (C=O) groups excluding carboxylic acids is 2. The van der Waals surface area contributed by atoms with E-state index in [1.807, 2.05) is 31.2 Å². The van der Waals surface area contributed by atoms with Crippen molar-refractivity contribution in [3.05, 3.63) is 53.1 Å². The van der Waals surface area contributed by atoms with Crippen molar-refractivity contribution in [3.8, 4) is 0 Å². The van der Waals surface area contributed by atoms with Crippen LogP contribution in [0.5, 0.6) is 0 Å². The van der Waals surface area contributed by atoms with Crippen molar-refractivity contribution in [1.29, 1.82) is 0 Å². The molecule has 2 heterocycles. The molecule has 7 heteroatoms. The third kappa shape index (κ3) is 2.64. The minimum atomic E-state index is -0.623. The van der Waals surface area contributed by atoms with Crippen molar-refractivity contribution in [2.75, 3.05) is 10.6 Å². The van der Waals surface area contributed by atoms with Gasteiger partial charge in [-0.15, -0.1) is 0 Å². The smallest absolute Gasteiger partial charge is 0.250 e. The number of halogens is 1. The summed E-state index contributed by atoms with van der Waals surface area (Å²) in [6, 6.07) is 12.2. The van der Waals surface area contributed by atoms with Crippen molar-refractivity contribution in [2.24, 2.45) is 0 Å². The van der Waals surface area contributed by atoms with Gasteiger partial charge in [-0.3, -0.25) is 19.5 Å². The van der Waals surface area contributed by atoms with Crippen LogP contribution >= 0.6 is 11.6 Å². The first-order chi connectivity index (χ1) is 12.0. The summed E-state index contributed by atoms with van der Waals surface area (Å²) in [5.74, 6) is -0.00898. The molecule has 2 aromatic carbocycles. The van der Waals surface area contributed by atoms with Gasteiger partial charge in [0.1, 0.15) is 6.04 Å². The number of para-hydroxylation sites is 2. The number of hydrogen-bond donors (Lipinski definition) is 2. The van der Waals surface area contributed by atoms with Gasteiger partial charge >= 0.3 is 0 Å². The minimum absolute atomic E-state index is 0.0190. The van der Waals surface area contributed by atoms with Gasteiger partial charge in [0.25, 0.3) is 0 Å². The number of benzene rings is 2. The minimum Gasteiger partial charge on any atom is -0.326 e. The van der Waals surface area contributed by atoms with E-state index in [1.165, 1.54) is 0 Å². The Balaban J connectivity index is 1.60. The van der Waals surface area contributed by atoms with Crippen LogP contribution in [0.3, 0.4) is 0 Å². The molecule has 1 aliphatic rings. The lowest BCUT2D eigenvalue weighted by Gasteiger charge is -2.13. The Hall–Kier alpha value is -2.86. The molecule has 2 amide bonds. The Bertz CT molecular complexity index is 1010. The fourth-order valence-electron chi connectivity index (χ4n) is 3.06. The Morgan fingerprint density at radius 2 is 2.08 bits per heavy atom. The number of fused-ring (bicyclic) bond motifs is 3. The van der Waals surface area contributed by atoms with Crippen LogP contribution < -0.4 is 10.6 Å². The van der Waals surface area contributed by atoms with Crippen LogP contribution in [0.15, 0.2) is 42.5 Å². The van der Waals surface area contributed by atoms with Crippen LogP contribution in [0.2, 0.25) is 5.02 Å². The van der Waals surface area contributed by atoms with E-state index in [-0.39, 0.29) is 18.2 Å². The lowest BCUT2D eigenvalue weighted by molar-refractivity contribution is -0.123. The predicted molar refractivity (Wildman–Crippen MR) is 96.8 cm³/mol. The summed E-state index contributed by atoms with van der Waals surface area (Å²) in [6.07, 6.45) is 0.0190. The number of nitrogens with one attached hydrogen (secondary N) is 2. The van der Waals surface area contributed by atoms with Crippen molar-refractivity contribution >= 4 is 46.1 Å². The number of carbonyl (C=O) groups is 2. The maximum absolute atomic E-state index is 12.5. The van der Waals surface area contributed by atoms with E-state index in [1.54, 1.807) is 22.8 Å². The molecule has 4 rings (SSSR count). The van der Waals surface area contributed by atoms with Gasteiger partial charge in [0.2, 0.25) is 17.8 Å². The third-order valence-corrected chi connectivity index (χ3v) is 4.78. The van der Waals surface area contributed by atoms with E-state index in [4.69, 9.17) is 11.6 Å². The second-order valence-corrected chi connectivity index (χ2v) is 6.37. The molecule has 1 aliphatic heterocycles. The van der Waals surface area contributed by atoms with Crippen LogP contribution in [0.4, 0.5) is 11.6 Å². The largest absolute Gasteiger partial charge is 0.326 e. The molecule has 1 aromatic heterocycles. The summed E-state index contributed by atoms with van der Waals surface area (Å²) in [7, 11) is 0. The molecule has 126 valence electrons. The Morgan fingerprint density at radius 3 is 2.92 bits per heavy atom. The summed E-state index contributed by atoms with van der Waals surface area (Å²) in [6.45, 7) is 1.84. The number of nitrogens with zero attached hydrogens (tertiary/aromatic N) is 2. The second-order valence-electron chi connectivity index (χ2n) is 5.96. The highest BCUT2D eigenvalue weighted by Gasteiger charge is 2.34. The van der Waals surface area contributed by atoms with E-state index in [0.717, 1.165) is 16.6 Å². The average Bonchev–Trinajstić information content (AvgIpc) is 3.08. The molecule has 0 saturated carbocycles. The molecule has 0 unspecified atom stereocenters. The van der Waals surface area contributed by atoms with Gasteiger partial charge in [0, 0.05) is 10.7 Å². The van der Waals surface area contributed by atoms with E-state index in [2.05, 4.69) is 15.6 Å². The number of hydrogen-bond acceptors (Lipinski definition) is 3. The fraction of sp³-hybridized carbons (Fsp3) is 0.167. The summed E-state index contributed by atoms with van der Waals surface area (Å²) >= 11 is 6.08. The quantitative estimate of drug-likeness (QED) is 0.755. The van der Waals surface area contributed by atoms with Gasteiger partial charge in [0.05, 0.1) is 17.5 Å². The van der Waals surface area contributed by atoms with Gasteiger partial charge in [-0.25, -0.2) is 4.98 Å². The predicted octanol–water partition coefficient (Wildman–Crippen LogP) is 3.52. The number of aromatic nitrogens is 2. The normalized spacial score (nSPS) is 15.9. The Labute approximate surface area is 148 Å². The molecule has 2 N–H and O–H groups in total. The first-order valence-electron chi connectivity index (χ1n) is 7.87. The number of amides is 2. The van der Waals surface area contributed by atoms with Gasteiger partial charge in [-0.1, -0.05) is 29.8 Å². The molecule has 25 heavy (non-hydrogen) atoms. The van der Waals surface area contributed by atoms with Crippen LogP contribution in [-0.2, 0) is 9.59 Å². The number of rotatable bonds is 3. The summed E-state index contributed by atoms with van der Waals surface area (Å²) < 4.78 is 1.78. The van der Waals surface area contributed by atoms with E-state index < -0.39 is 6.04 Å². The third-order valence-electron chi connectivity index (χ3n) is 4.37. The zero-order valence-corrected chi connectivity index (χ0v) is 14.2. The molecular weight excluding hydrogens is 340 g/mol. The lowest BCUT2D eigenvalue weighted by Crippen LogP contribution is -2.23. The molecule has 1 atom stereocenters. The molecule has 0 saturated heterocycles. The summed E-state index contributed by atoms with van der Waals surface area (Å²) in [5, 5.41) is 6.15. The fourth-order valence-corrected chi connectivity index (χ4v) is 3.24. The van der Waals surface area contributed by atoms with Crippen molar-refractivity contribution in [1.82, 2.24) is 9.55 Å². The highest BCUT2D eigenvalue weighted by Crippen LogP contribution is 2.32. The maximum atomic E-state index is 12.5. The maximum Gasteiger partial charge on any atom is 0.250 e. The van der Waals surface area contributed by atoms with E-state index in [0.29, 0.717) is 16.7 Å². The van der Waals surface area contributed by atoms with Crippen LogP contribution in [0, 0.1) is 6.92 Å². The van der Waals surface area contributed by atoms with Gasteiger partial charge in [-0.05, 0) is 36.8 Å². The van der Waals surface area contributed by atoms with E-state index in [9.17, 15) is 9.59 Å². The molecule has 6 nitrogen and oxygen atoms in total. The molecule has 0 spiro atoms. The van der Waals surface area contributed by atoms with Gasteiger partial charge < -0.3 is 5.32 Å². The van der Waals surface area contributed by atoms with Crippen molar-refractivity contribution in [3.63, 3.8) is 0 Å². The number of anilines is 2. The standard InChI is InChI=1S/C18H15ClN4O2/c1-10-11(19)5-4-7-12(10)20-16(24)9-15-17(25)22-18-21-13-6-2-3-8-14(13)23(15)18/h2-8,15H,9H2,1H3,(H,20,24)(H,21,22,25)/t15-/m1/s1. The SMILES string of the molecule is Cc1c(Cl)cccc1NC(=O)C[C@@H]1C(=O)Nc2nc3ccccc3n21. The van der Waals surface area contributed by atoms with Gasteiger partial charge in [-0.2, -0.15) is 0 Å². The van der Waals surface area contributed by atoms with Crippen LogP contribution in [-0.4, -0.2) is 21.4 Å². The Morgan fingerprint density at radius 1 is 1.28 bits per heavy atom. The zero-order valence-electron chi connectivity index (χ0n) is 13.4. The van der Waals surface area contributed by atoms with Crippen molar-refractivity contribution < 1.29 is 9.59 Å². The zero-order chi connectivity index (χ0) is 17.6. The monoisotopic (exact) mass is 354 g/mol. The molecule has 0 aliphatic carbocycles. The Kier molecular flexibility index (Phi) is 3.69. The first-order valence-corrected chi connectivity index (χ1v) is 8.25. The number of imidazole rings is 1. The second kappa shape index (κ2) is 5.89. The van der Waals surface area contributed by atoms with Gasteiger partial charge in [0.15, 0.2) is 0 Å². The molecular formula is C18H15ClN4O2. The average molecular weight is 355 g/mol. The van der Waals surface area contributed by atoms with Crippen LogP contribution in [0.1, 0.15) is 18.0 Å². The van der Waals surface area contributed by atoms with Crippen molar-refractivity contribution in [2.45, 2.75) is 19.4 Å². The molecule has 0 fully saturated rings. The highest BCUT2D eigenvalue weighted by atomic mass is 35.5. The van der Waals surface area contributed by atoms with Crippen LogP contribution in [0.25, 0.3) is 11.0 Å². The first kappa shape index (κ1) is 15.7. The molecule has 3 aromatic rings. The molecule has 0 radical (unpaired) electrons. The summed E-state index contributed by atoms with van der Waals surface area (Å²) in [5.41, 5.74) is 3.05. The molecule has 0 bridgehead atoms. The lowest BCUT2D eigenvalue weighted by atomic mass is 10.1. The topological polar surface area (TPSA) is 76.0 Å². The highest BCUT2D eigenvalue weighted by molar-refractivity contribution is 6.31.